The van der Waals surface area contributed by atoms with Crippen molar-refractivity contribution in [3.05, 3.63) is 46.6 Å². The minimum atomic E-state index is 0. The number of hydrogen-bond acceptors (Lipinski definition) is 3. The summed E-state index contributed by atoms with van der Waals surface area (Å²) in [7, 11) is 0. The van der Waals surface area contributed by atoms with Gasteiger partial charge < -0.3 is 24.7 Å². The molecule has 2 aromatic rings. The van der Waals surface area contributed by atoms with Crippen molar-refractivity contribution in [3.8, 4) is 0 Å². The second kappa shape index (κ2) is 15.3. The van der Waals surface area contributed by atoms with Gasteiger partial charge in [0.15, 0.2) is 0 Å². The summed E-state index contributed by atoms with van der Waals surface area (Å²) in [4.78, 5) is 19.5. The topological polar surface area (TPSA) is 63.2 Å². The standard InChI is InChI=1S/2C16H29N2.C4H6O.Ba/c2*1-10-16(8,9)13-17-11(14(2,3)4)12(18-13)15(5,6)7;1-2-4-5-3-1;/h2*10H2,1-9H3;1-2H,3-4H2;/q2*-1;;+2. The first-order chi connectivity index (χ1) is 18.3. The molecule has 0 aliphatic carbocycles. The summed E-state index contributed by atoms with van der Waals surface area (Å²) in [5, 5.41) is 0. The average molecular weight is 706 g/mol. The van der Waals surface area contributed by atoms with Gasteiger partial charge in [-0.1, -0.05) is 171 Å². The Labute approximate surface area is 300 Å². The average Bonchev–Trinajstić information content (AvgIpc) is 3.58. The second-order valence-electron chi connectivity index (χ2n) is 17.0. The molecule has 5 nitrogen and oxygen atoms in total. The van der Waals surface area contributed by atoms with Crippen molar-refractivity contribution in [2.45, 2.75) is 170 Å². The molecule has 0 atom stereocenters. The Morgan fingerprint density at radius 3 is 0.976 bits per heavy atom. The van der Waals surface area contributed by atoms with Crippen molar-refractivity contribution in [3.63, 3.8) is 0 Å². The predicted octanol–water partition coefficient (Wildman–Crippen LogP) is 8.83. The SMILES string of the molecule is C1=CCOC1.CCC(C)(C)c1nc(C(C)(C)C)c(C(C)(C)C)[n-]1.CCC(C)(C)c1nc(C(C)(C)C)c(C(C)(C)C)[n-]1.[Ba+2]. The van der Waals surface area contributed by atoms with E-state index in [0.717, 1.165) is 60.5 Å². The summed E-state index contributed by atoms with van der Waals surface area (Å²) in [6, 6.07) is 0. The Hall–Kier alpha value is -0.309. The van der Waals surface area contributed by atoms with E-state index in [4.69, 9.17) is 24.7 Å². The van der Waals surface area contributed by atoms with Gasteiger partial charge in [0.1, 0.15) is 0 Å². The van der Waals surface area contributed by atoms with Crippen molar-refractivity contribution in [1.29, 1.82) is 0 Å². The van der Waals surface area contributed by atoms with Crippen LogP contribution in [0.3, 0.4) is 0 Å². The van der Waals surface area contributed by atoms with Crippen LogP contribution in [0, 0.1) is 0 Å². The number of nitrogens with zero attached hydrogens (tertiary/aromatic N) is 4. The summed E-state index contributed by atoms with van der Waals surface area (Å²) >= 11 is 0. The van der Waals surface area contributed by atoms with Crippen LogP contribution in [0.25, 0.3) is 0 Å². The molecule has 0 spiro atoms. The molecule has 0 aromatic carbocycles. The first kappa shape index (κ1) is 41.7. The van der Waals surface area contributed by atoms with E-state index in [-0.39, 0.29) is 81.4 Å². The van der Waals surface area contributed by atoms with E-state index in [1.807, 2.05) is 12.2 Å². The molecule has 0 saturated heterocycles. The third kappa shape index (κ3) is 11.9. The van der Waals surface area contributed by atoms with Gasteiger partial charge in [0.05, 0.1) is 13.2 Å². The molecule has 0 amide bonds. The molecule has 0 saturated carbocycles. The van der Waals surface area contributed by atoms with Gasteiger partial charge >= 0.3 is 48.9 Å². The molecule has 3 heterocycles. The van der Waals surface area contributed by atoms with Crippen LogP contribution in [0.5, 0.6) is 0 Å². The summed E-state index contributed by atoms with van der Waals surface area (Å²) in [5.41, 5.74) is 4.97. The molecular weight excluding hydrogens is 642 g/mol. The van der Waals surface area contributed by atoms with Crippen molar-refractivity contribution in [2.24, 2.45) is 0 Å². The van der Waals surface area contributed by atoms with Gasteiger partial charge in [-0.2, -0.15) is 0 Å². The number of imidazole rings is 2. The largest absolute Gasteiger partial charge is 2.00 e. The minimum Gasteiger partial charge on any atom is -0.442 e. The summed E-state index contributed by atoms with van der Waals surface area (Å²) in [6.07, 6.45) is 6.15. The molecule has 0 radical (unpaired) electrons. The van der Waals surface area contributed by atoms with Gasteiger partial charge in [0.25, 0.3) is 0 Å². The van der Waals surface area contributed by atoms with Gasteiger partial charge in [-0.05, 0) is 45.3 Å². The Bertz CT molecular complexity index is 972. The van der Waals surface area contributed by atoms with Gasteiger partial charge in [0.2, 0.25) is 0 Å². The van der Waals surface area contributed by atoms with Crippen molar-refractivity contribution < 1.29 is 4.74 Å². The predicted molar refractivity (Wildman–Crippen MR) is 182 cm³/mol. The smallest absolute Gasteiger partial charge is 0.442 e. The first-order valence-electron chi connectivity index (χ1n) is 15.6. The number of hydrogen-bond donors (Lipinski definition) is 0. The van der Waals surface area contributed by atoms with E-state index in [9.17, 15) is 0 Å². The Balaban J connectivity index is 0.000000670. The van der Waals surface area contributed by atoms with E-state index in [0.29, 0.717) is 0 Å². The van der Waals surface area contributed by atoms with Crippen LogP contribution in [-0.4, -0.2) is 72.1 Å². The van der Waals surface area contributed by atoms with Gasteiger partial charge in [-0.3, -0.25) is 0 Å². The Kier molecular flexibility index (Phi) is 15.2. The number of rotatable bonds is 4. The van der Waals surface area contributed by atoms with E-state index in [2.05, 4.69) is 125 Å². The zero-order chi connectivity index (χ0) is 32.2. The molecule has 6 heteroatoms. The van der Waals surface area contributed by atoms with Crippen LogP contribution in [0.4, 0.5) is 0 Å². The van der Waals surface area contributed by atoms with Crippen LogP contribution in [0.1, 0.15) is 172 Å². The van der Waals surface area contributed by atoms with Crippen molar-refractivity contribution >= 4 is 48.9 Å². The Morgan fingerprint density at radius 2 is 0.833 bits per heavy atom. The third-order valence-electron chi connectivity index (χ3n) is 7.73. The third-order valence-corrected chi connectivity index (χ3v) is 7.73. The quantitative estimate of drug-likeness (QED) is 0.235. The number of aromatic nitrogens is 4. The van der Waals surface area contributed by atoms with E-state index < -0.39 is 0 Å². The summed E-state index contributed by atoms with van der Waals surface area (Å²) in [5.74, 6) is 2.00. The zero-order valence-corrected chi connectivity index (χ0v) is 35.3. The molecular formula is C36H64BaN4O. The minimum absolute atomic E-state index is 0. The van der Waals surface area contributed by atoms with Crippen LogP contribution < -0.4 is 9.97 Å². The molecule has 2 aromatic heterocycles. The van der Waals surface area contributed by atoms with Crippen LogP contribution >= 0.6 is 0 Å². The van der Waals surface area contributed by atoms with E-state index in [1.54, 1.807) is 0 Å². The van der Waals surface area contributed by atoms with E-state index >= 15 is 0 Å². The van der Waals surface area contributed by atoms with Crippen LogP contribution in [0.2, 0.25) is 0 Å². The fourth-order valence-corrected chi connectivity index (χ4v) is 4.04. The number of ether oxygens (including phenoxy) is 1. The molecule has 0 bridgehead atoms. The fraction of sp³-hybridized carbons (Fsp3) is 0.778. The van der Waals surface area contributed by atoms with Crippen molar-refractivity contribution in [2.75, 3.05) is 13.2 Å². The summed E-state index contributed by atoms with van der Waals surface area (Å²) in [6.45, 7) is 41.5. The maximum atomic E-state index is 4.88. The maximum absolute atomic E-state index is 4.88. The van der Waals surface area contributed by atoms with Crippen LogP contribution in [0.15, 0.2) is 12.2 Å². The zero-order valence-electron chi connectivity index (χ0n) is 30.9. The molecule has 3 rings (SSSR count). The molecule has 1 aliphatic heterocycles. The molecule has 1 aliphatic rings. The van der Waals surface area contributed by atoms with E-state index in [1.165, 1.54) is 0 Å². The molecule has 0 unspecified atom stereocenters. The molecule has 0 fully saturated rings. The molecule has 42 heavy (non-hydrogen) atoms. The molecule has 0 N–H and O–H groups in total. The van der Waals surface area contributed by atoms with Crippen molar-refractivity contribution in [1.82, 2.24) is 19.9 Å². The normalized spacial score (nSPS) is 14.5. The van der Waals surface area contributed by atoms with Gasteiger partial charge in [0, 0.05) is 0 Å². The summed E-state index contributed by atoms with van der Waals surface area (Å²) < 4.78 is 4.83. The van der Waals surface area contributed by atoms with Gasteiger partial charge in [-0.15, -0.1) is 0 Å². The Morgan fingerprint density at radius 1 is 0.548 bits per heavy atom. The molecule has 236 valence electrons. The van der Waals surface area contributed by atoms with Crippen LogP contribution in [-0.2, 0) is 37.2 Å². The fourth-order valence-electron chi connectivity index (χ4n) is 4.04. The second-order valence-corrected chi connectivity index (χ2v) is 17.0. The van der Waals surface area contributed by atoms with Gasteiger partial charge in [-0.25, -0.2) is 0 Å². The first-order valence-corrected chi connectivity index (χ1v) is 15.6. The maximum Gasteiger partial charge on any atom is 2.00 e. The monoisotopic (exact) mass is 706 g/mol.